The van der Waals surface area contributed by atoms with Crippen LogP contribution < -0.4 is 0 Å². The zero-order chi connectivity index (χ0) is 7.56. The summed E-state index contributed by atoms with van der Waals surface area (Å²) in [6, 6.07) is 0. The Morgan fingerprint density at radius 2 is 2.00 bits per heavy atom. The van der Waals surface area contributed by atoms with E-state index in [1.807, 2.05) is 6.08 Å². The van der Waals surface area contributed by atoms with Crippen LogP contribution in [0.1, 0.15) is 0 Å². The van der Waals surface area contributed by atoms with Crippen molar-refractivity contribution in [2.75, 3.05) is 21.1 Å². The number of rotatable bonds is 1. The summed E-state index contributed by atoms with van der Waals surface area (Å²) in [6.45, 7) is 0. The number of allylic oxidation sites excluding steroid dienone is 2. The maximum Gasteiger partial charge on any atom is 0.100 e. The second-order valence-electron chi connectivity index (χ2n) is 2.77. The van der Waals surface area contributed by atoms with Gasteiger partial charge < -0.3 is 4.90 Å². The molecule has 0 saturated carbocycles. The highest BCUT2D eigenvalue weighted by Crippen LogP contribution is 2.06. The molecule has 1 atom stereocenters. The monoisotopic (exact) mass is 138 g/mol. The van der Waals surface area contributed by atoms with Crippen LogP contribution in [0.25, 0.3) is 0 Å². The Morgan fingerprint density at radius 1 is 1.30 bits per heavy atom. The van der Waals surface area contributed by atoms with E-state index in [1.165, 1.54) is 0 Å². The number of hydrogen-bond acceptors (Lipinski definition) is 2. The molecule has 0 aliphatic carbocycles. The van der Waals surface area contributed by atoms with Crippen molar-refractivity contribution in [3.63, 3.8) is 0 Å². The van der Waals surface area contributed by atoms with Gasteiger partial charge in [0.15, 0.2) is 0 Å². The van der Waals surface area contributed by atoms with Crippen LogP contribution in [0.4, 0.5) is 0 Å². The molecule has 1 aliphatic rings. The topological polar surface area (TPSA) is 6.48 Å². The van der Waals surface area contributed by atoms with Crippen LogP contribution in [-0.2, 0) is 0 Å². The van der Waals surface area contributed by atoms with Crippen molar-refractivity contribution in [2.45, 2.75) is 6.17 Å². The first kappa shape index (κ1) is 7.35. The highest BCUT2D eigenvalue weighted by atomic mass is 15.3. The summed E-state index contributed by atoms with van der Waals surface area (Å²) in [7, 11) is 6.22. The Hall–Kier alpha value is -0.760. The van der Waals surface area contributed by atoms with E-state index in [2.05, 4.69) is 49.3 Å². The molecule has 0 radical (unpaired) electrons. The zero-order valence-electron chi connectivity index (χ0n) is 6.78. The van der Waals surface area contributed by atoms with E-state index in [0.717, 1.165) is 0 Å². The molecule has 0 amide bonds. The Labute approximate surface area is 62.4 Å². The van der Waals surface area contributed by atoms with Crippen LogP contribution in [0, 0.1) is 0 Å². The van der Waals surface area contributed by atoms with Crippen LogP contribution in [0.3, 0.4) is 0 Å². The summed E-state index contributed by atoms with van der Waals surface area (Å²) in [6.07, 6.45) is 8.78. The molecule has 2 nitrogen and oxygen atoms in total. The van der Waals surface area contributed by atoms with Crippen molar-refractivity contribution in [3.05, 3.63) is 24.4 Å². The van der Waals surface area contributed by atoms with Crippen molar-refractivity contribution < 1.29 is 0 Å². The summed E-state index contributed by atoms with van der Waals surface area (Å²) in [4.78, 5) is 4.33. The lowest BCUT2D eigenvalue weighted by Gasteiger charge is -2.31. The van der Waals surface area contributed by atoms with Crippen LogP contribution in [0.15, 0.2) is 24.4 Å². The van der Waals surface area contributed by atoms with Crippen molar-refractivity contribution in [2.24, 2.45) is 0 Å². The average Bonchev–Trinajstić information content (AvgIpc) is 1.88. The summed E-state index contributed by atoms with van der Waals surface area (Å²) in [5.41, 5.74) is 0. The third kappa shape index (κ3) is 1.39. The number of nitrogens with zero attached hydrogens (tertiary/aromatic N) is 2. The van der Waals surface area contributed by atoms with Gasteiger partial charge in [-0.05, 0) is 26.2 Å². The lowest BCUT2D eigenvalue weighted by Crippen LogP contribution is -2.39. The van der Waals surface area contributed by atoms with E-state index in [-0.39, 0.29) is 0 Å². The van der Waals surface area contributed by atoms with Gasteiger partial charge in [0, 0.05) is 13.2 Å². The fourth-order valence-electron chi connectivity index (χ4n) is 1.11. The van der Waals surface area contributed by atoms with Crippen molar-refractivity contribution in [1.82, 2.24) is 9.80 Å². The molecule has 1 rings (SSSR count). The Bertz CT molecular complexity index is 159. The third-order valence-electron chi connectivity index (χ3n) is 1.66. The van der Waals surface area contributed by atoms with Crippen molar-refractivity contribution >= 4 is 0 Å². The van der Waals surface area contributed by atoms with Gasteiger partial charge in [0.05, 0.1) is 0 Å². The molecular formula is C8H14N2. The molecule has 2 heteroatoms. The second-order valence-corrected chi connectivity index (χ2v) is 2.77. The normalized spacial score (nSPS) is 24.4. The molecule has 10 heavy (non-hydrogen) atoms. The smallest absolute Gasteiger partial charge is 0.100 e. The molecule has 1 heterocycles. The van der Waals surface area contributed by atoms with E-state index >= 15 is 0 Å². The first-order valence-corrected chi connectivity index (χ1v) is 3.45. The van der Waals surface area contributed by atoms with Gasteiger partial charge in [-0.15, -0.1) is 0 Å². The van der Waals surface area contributed by atoms with Crippen LogP contribution in [0.2, 0.25) is 0 Å². The van der Waals surface area contributed by atoms with Crippen molar-refractivity contribution in [1.29, 1.82) is 0 Å². The van der Waals surface area contributed by atoms with E-state index in [4.69, 9.17) is 0 Å². The Kier molecular flexibility index (Phi) is 2.12. The molecule has 0 saturated heterocycles. The minimum atomic E-state index is 0.421. The summed E-state index contributed by atoms with van der Waals surface area (Å²) >= 11 is 0. The molecule has 0 aromatic carbocycles. The number of hydrogen-bond donors (Lipinski definition) is 0. The van der Waals surface area contributed by atoms with Gasteiger partial charge in [-0.2, -0.15) is 0 Å². The van der Waals surface area contributed by atoms with Gasteiger partial charge in [0.2, 0.25) is 0 Å². The first-order chi connectivity index (χ1) is 4.72. The summed E-state index contributed by atoms with van der Waals surface area (Å²) in [5, 5.41) is 0. The summed E-state index contributed by atoms with van der Waals surface area (Å²) in [5.74, 6) is 0. The maximum atomic E-state index is 2.17. The van der Waals surface area contributed by atoms with Gasteiger partial charge >= 0.3 is 0 Å². The van der Waals surface area contributed by atoms with Gasteiger partial charge in [-0.25, -0.2) is 0 Å². The molecule has 0 fully saturated rings. The molecule has 1 aliphatic heterocycles. The quantitative estimate of drug-likeness (QED) is 0.531. The summed E-state index contributed by atoms with van der Waals surface area (Å²) < 4.78 is 0. The maximum absolute atomic E-state index is 2.17. The SMILES string of the molecule is CN(C)C1C=CC=CN1C. The van der Waals surface area contributed by atoms with Gasteiger partial charge in [-0.1, -0.05) is 6.08 Å². The molecular weight excluding hydrogens is 124 g/mol. The van der Waals surface area contributed by atoms with E-state index in [1.54, 1.807) is 0 Å². The largest absolute Gasteiger partial charge is 0.362 e. The van der Waals surface area contributed by atoms with Crippen molar-refractivity contribution in [3.8, 4) is 0 Å². The minimum absolute atomic E-state index is 0.421. The number of likely N-dealkylation sites (N-methyl/N-ethyl adjacent to an activating group) is 2. The molecule has 0 aromatic heterocycles. The Morgan fingerprint density at radius 3 is 2.40 bits per heavy atom. The lowest BCUT2D eigenvalue weighted by atomic mass is 10.3. The van der Waals surface area contributed by atoms with Crippen LogP contribution in [-0.4, -0.2) is 37.1 Å². The third-order valence-corrected chi connectivity index (χ3v) is 1.66. The molecule has 56 valence electrons. The Balaban J connectivity index is 2.61. The first-order valence-electron chi connectivity index (χ1n) is 3.45. The average molecular weight is 138 g/mol. The standard InChI is InChI=1S/C8H14N2/c1-9(2)8-6-4-5-7-10(8)3/h4-8H,1-3H3. The predicted molar refractivity (Wildman–Crippen MR) is 43.5 cm³/mol. The fourth-order valence-corrected chi connectivity index (χ4v) is 1.11. The van der Waals surface area contributed by atoms with Gasteiger partial charge in [0.1, 0.15) is 6.17 Å². The predicted octanol–water partition coefficient (Wildman–Crippen LogP) is 0.889. The zero-order valence-corrected chi connectivity index (χ0v) is 6.78. The highest BCUT2D eigenvalue weighted by molar-refractivity contribution is 5.11. The van der Waals surface area contributed by atoms with E-state index in [9.17, 15) is 0 Å². The lowest BCUT2D eigenvalue weighted by molar-refractivity contribution is 0.191. The van der Waals surface area contributed by atoms with E-state index in [0.29, 0.717) is 6.17 Å². The van der Waals surface area contributed by atoms with Crippen LogP contribution >= 0.6 is 0 Å². The van der Waals surface area contributed by atoms with Gasteiger partial charge in [-0.3, -0.25) is 4.90 Å². The minimum Gasteiger partial charge on any atom is -0.362 e. The fraction of sp³-hybridized carbons (Fsp3) is 0.500. The molecule has 0 bridgehead atoms. The van der Waals surface area contributed by atoms with E-state index < -0.39 is 0 Å². The molecule has 0 N–H and O–H groups in total. The molecule has 0 spiro atoms. The molecule has 1 unspecified atom stereocenters. The highest BCUT2D eigenvalue weighted by Gasteiger charge is 2.10. The second kappa shape index (κ2) is 2.88. The van der Waals surface area contributed by atoms with Crippen LogP contribution in [0.5, 0.6) is 0 Å². The van der Waals surface area contributed by atoms with Gasteiger partial charge in [0.25, 0.3) is 0 Å². The molecule has 0 aromatic rings.